The molecule has 0 fully saturated rings. The SMILES string of the molecule is CC(C)Cc1ccc(C(C)C(=O)OCCCBr)cc1. The Bertz CT molecular complexity index is 384. The van der Waals surface area contributed by atoms with Crippen molar-refractivity contribution >= 4 is 21.9 Å². The Morgan fingerprint density at radius 1 is 1.21 bits per heavy atom. The van der Waals surface area contributed by atoms with Crippen molar-refractivity contribution in [3.8, 4) is 0 Å². The summed E-state index contributed by atoms with van der Waals surface area (Å²) >= 11 is 3.32. The Balaban J connectivity index is 2.56. The summed E-state index contributed by atoms with van der Waals surface area (Å²) < 4.78 is 5.22. The fraction of sp³-hybridized carbons (Fsp3) is 0.562. The number of alkyl halides is 1. The van der Waals surface area contributed by atoms with E-state index < -0.39 is 0 Å². The first-order valence-electron chi connectivity index (χ1n) is 6.86. The molecule has 0 bridgehead atoms. The highest BCUT2D eigenvalue weighted by molar-refractivity contribution is 9.09. The lowest BCUT2D eigenvalue weighted by Gasteiger charge is -2.12. The first-order chi connectivity index (χ1) is 9.04. The van der Waals surface area contributed by atoms with E-state index in [1.54, 1.807) is 0 Å². The van der Waals surface area contributed by atoms with Crippen molar-refractivity contribution in [1.29, 1.82) is 0 Å². The molecule has 1 aromatic carbocycles. The standard InChI is InChI=1S/C16H23BrO2/c1-12(2)11-14-5-7-15(8-6-14)13(3)16(18)19-10-4-9-17/h5-8,12-13H,4,9-11H2,1-3H3. The van der Waals surface area contributed by atoms with Gasteiger partial charge in [-0.3, -0.25) is 4.79 Å². The summed E-state index contributed by atoms with van der Waals surface area (Å²) in [6, 6.07) is 8.29. The van der Waals surface area contributed by atoms with Crippen molar-refractivity contribution in [3.63, 3.8) is 0 Å². The smallest absolute Gasteiger partial charge is 0.313 e. The first-order valence-corrected chi connectivity index (χ1v) is 7.98. The van der Waals surface area contributed by atoms with E-state index in [0.29, 0.717) is 12.5 Å². The molecule has 106 valence electrons. The molecule has 19 heavy (non-hydrogen) atoms. The molecule has 1 aromatic rings. The first kappa shape index (κ1) is 16.2. The topological polar surface area (TPSA) is 26.3 Å². The van der Waals surface area contributed by atoms with Crippen LogP contribution in [-0.2, 0) is 16.0 Å². The largest absolute Gasteiger partial charge is 0.465 e. The van der Waals surface area contributed by atoms with Crippen LogP contribution in [-0.4, -0.2) is 17.9 Å². The fourth-order valence-corrected chi connectivity index (χ4v) is 2.13. The van der Waals surface area contributed by atoms with Gasteiger partial charge in [0.15, 0.2) is 0 Å². The van der Waals surface area contributed by atoms with Crippen LogP contribution in [0.5, 0.6) is 0 Å². The molecule has 1 unspecified atom stereocenters. The van der Waals surface area contributed by atoms with Crippen molar-refractivity contribution in [1.82, 2.24) is 0 Å². The highest BCUT2D eigenvalue weighted by Gasteiger charge is 2.16. The van der Waals surface area contributed by atoms with Crippen LogP contribution in [0.1, 0.15) is 44.2 Å². The quantitative estimate of drug-likeness (QED) is 0.424. The summed E-state index contributed by atoms with van der Waals surface area (Å²) in [5.74, 6) is 0.318. The van der Waals surface area contributed by atoms with E-state index in [1.807, 2.05) is 19.1 Å². The maximum atomic E-state index is 11.8. The molecule has 1 atom stereocenters. The number of carbonyl (C=O) groups excluding carboxylic acids is 1. The summed E-state index contributed by atoms with van der Waals surface area (Å²) in [5.41, 5.74) is 2.34. The Morgan fingerprint density at radius 3 is 2.37 bits per heavy atom. The lowest BCUT2D eigenvalue weighted by Crippen LogP contribution is -2.14. The van der Waals surface area contributed by atoms with Gasteiger partial charge < -0.3 is 4.74 Å². The predicted octanol–water partition coefficient (Wildman–Crippen LogP) is 4.32. The molecular weight excluding hydrogens is 304 g/mol. The summed E-state index contributed by atoms with van der Waals surface area (Å²) in [6.07, 6.45) is 1.93. The number of esters is 1. The van der Waals surface area contributed by atoms with Gasteiger partial charge in [-0.1, -0.05) is 54.0 Å². The monoisotopic (exact) mass is 326 g/mol. The van der Waals surface area contributed by atoms with Crippen LogP contribution in [0.4, 0.5) is 0 Å². The summed E-state index contributed by atoms with van der Waals surface area (Å²) in [5, 5.41) is 0.860. The molecule has 1 rings (SSSR count). The summed E-state index contributed by atoms with van der Waals surface area (Å²) in [7, 11) is 0. The van der Waals surface area contributed by atoms with Gasteiger partial charge in [-0.15, -0.1) is 0 Å². The Kier molecular flexibility index (Phi) is 7.14. The minimum absolute atomic E-state index is 0.141. The minimum Gasteiger partial charge on any atom is -0.465 e. The van der Waals surface area contributed by atoms with Gasteiger partial charge >= 0.3 is 5.97 Å². The van der Waals surface area contributed by atoms with E-state index in [9.17, 15) is 4.79 Å². The Morgan fingerprint density at radius 2 is 1.84 bits per heavy atom. The van der Waals surface area contributed by atoms with Gasteiger partial charge in [-0.05, 0) is 36.8 Å². The third kappa shape index (κ3) is 5.77. The van der Waals surface area contributed by atoms with Crippen LogP contribution in [0.25, 0.3) is 0 Å². The second kappa shape index (κ2) is 8.36. The molecule has 0 radical (unpaired) electrons. The van der Waals surface area contributed by atoms with E-state index in [1.165, 1.54) is 5.56 Å². The zero-order valence-corrected chi connectivity index (χ0v) is 13.6. The molecule has 0 amide bonds. The van der Waals surface area contributed by atoms with Crippen molar-refractivity contribution in [3.05, 3.63) is 35.4 Å². The Hall–Kier alpha value is -0.830. The van der Waals surface area contributed by atoms with E-state index in [0.717, 1.165) is 23.7 Å². The summed E-state index contributed by atoms with van der Waals surface area (Å²) in [4.78, 5) is 11.8. The Labute approximate surface area is 124 Å². The van der Waals surface area contributed by atoms with Crippen molar-refractivity contribution in [2.45, 2.75) is 39.5 Å². The predicted molar refractivity (Wildman–Crippen MR) is 82.8 cm³/mol. The molecule has 0 heterocycles. The van der Waals surface area contributed by atoms with E-state index >= 15 is 0 Å². The number of halogens is 1. The van der Waals surface area contributed by atoms with E-state index in [2.05, 4.69) is 41.9 Å². The third-order valence-electron chi connectivity index (χ3n) is 3.00. The number of hydrogen-bond donors (Lipinski definition) is 0. The number of benzene rings is 1. The second-order valence-corrected chi connectivity index (χ2v) is 6.06. The molecule has 0 spiro atoms. The molecule has 0 N–H and O–H groups in total. The van der Waals surface area contributed by atoms with Gasteiger partial charge in [-0.25, -0.2) is 0 Å². The zero-order valence-electron chi connectivity index (χ0n) is 12.0. The molecule has 0 aliphatic heterocycles. The maximum absolute atomic E-state index is 11.8. The number of ether oxygens (including phenoxy) is 1. The third-order valence-corrected chi connectivity index (χ3v) is 3.56. The van der Waals surface area contributed by atoms with Gasteiger partial charge in [0.05, 0.1) is 12.5 Å². The van der Waals surface area contributed by atoms with Crippen LogP contribution in [0, 0.1) is 5.92 Å². The van der Waals surface area contributed by atoms with Gasteiger partial charge in [0, 0.05) is 5.33 Å². The number of rotatable bonds is 7. The molecule has 0 saturated carbocycles. The van der Waals surface area contributed by atoms with E-state index in [4.69, 9.17) is 4.74 Å². The highest BCUT2D eigenvalue weighted by Crippen LogP contribution is 2.19. The van der Waals surface area contributed by atoms with Gasteiger partial charge in [0.1, 0.15) is 0 Å². The maximum Gasteiger partial charge on any atom is 0.313 e. The molecule has 0 aliphatic carbocycles. The van der Waals surface area contributed by atoms with Crippen LogP contribution < -0.4 is 0 Å². The van der Waals surface area contributed by atoms with Gasteiger partial charge in [0.2, 0.25) is 0 Å². The van der Waals surface area contributed by atoms with Crippen molar-refractivity contribution in [2.75, 3.05) is 11.9 Å². The summed E-state index contributed by atoms with van der Waals surface area (Å²) in [6.45, 7) is 6.79. The van der Waals surface area contributed by atoms with Crippen LogP contribution in [0.3, 0.4) is 0 Å². The fourth-order valence-electron chi connectivity index (χ4n) is 1.90. The minimum atomic E-state index is -0.191. The molecular formula is C16H23BrO2. The molecule has 0 saturated heterocycles. The van der Waals surface area contributed by atoms with Crippen LogP contribution in [0.2, 0.25) is 0 Å². The second-order valence-electron chi connectivity index (χ2n) is 5.27. The van der Waals surface area contributed by atoms with Crippen molar-refractivity contribution < 1.29 is 9.53 Å². The van der Waals surface area contributed by atoms with Gasteiger partial charge in [0.25, 0.3) is 0 Å². The van der Waals surface area contributed by atoms with Crippen molar-refractivity contribution in [2.24, 2.45) is 5.92 Å². The number of hydrogen-bond acceptors (Lipinski definition) is 2. The molecule has 3 heteroatoms. The lowest BCUT2D eigenvalue weighted by atomic mass is 9.97. The van der Waals surface area contributed by atoms with Gasteiger partial charge in [-0.2, -0.15) is 0 Å². The van der Waals surface area contributed by atoms with Crippen LogP contribution >= 0.6 is 15.9 Å². The average molecular weight is 327 g/mol. The van der Waals surface area contributed by atoms with Crippen LogP contribution in [0.15, 0.2) is 24.3 Å². The normalized spacial score (nSPS) is 12.5. The average Bonchev–Trinajstić information content (AvgIpc) is 2.38. The zero-order chi connectivity index (χ0) is 14.3. The molecule has 0 aliphatic rings. The highest BCUT2D eigenvalue weighted by atomic mass is 79.9. The number of carbonyl (C=O) groups is 1. The lowest BCUT2D eigenvalue weighted by molar-refractivity contribution is -0.145. The molecule has 2 nitrogen and oxygen atoms in total. The molecule has 0 aromatic heterocycles. The van der Waals surface area contributed by atoms with E-state index in [-0.39, 0.29) is 11.9 Å².